The lowest BCUT2D eigenvalue weighted by Gasteiger charge is -2.36. The zero-order valence-electron chi connectivity index (χ0n) is 13.4. The van der Waals surface area contributed by atoms with Crippen molar-refractivity contribution in [1.82, 2.24) is 15.1 Å². The van der Waals surface area contributed by atoms with Gasteiger partial charge in [-0.05, 0) is 51.9 Å². The first-order valence-electron chi connectivity index (χ1n) is 7.56. The van der Waals surface area contributed by atoms with Crippen LogP contribution in [0.3, 0.4) is 0 Å². The van der Waals surface area contributed by atoms with E-state index in [1.54, 1.807) is 0 Å². The minimum atomic E-state index is 0.403. The highest BCUT2D eigenvalue weighted by atomic mass is 15.3. The Kier molecular flexibility index (Phi) is 4.05. The summed E-state index contributed by atoms with van der Waals surface area (Å²) in [6.07, 6.45) is 5.27. The molecule has 1 fully saturated rings. The van der Waals surface area contributed by atoms with Crippen molar-refractivity contribution in [3.05, 3.63) is 17.0 Å². The van der Waals surface area contributed by atoms with E-state index in [4.69, 9.17) is 0 Å². The second kappa shape index (κ2) is 5.28. The van der Waals surface area contributed by atoms with Crippen LogP contribution >= 0.6 is 0 Å². The third-order valence-electron chi connectivity index (χ3n) is 4.82. The zero-order valence-corrected chi connectivity index (χ0v) is 13.4. The van der Waals surface area contributed by atoms with Gasteiger partial charge in [0.1, 0.15) is 0 Å². The number of nitrogens with one attached hydrogen (secondary N) is 1. The SMILES string of the molecule is Cc1nn(C)c(C)c1C(C)NC1CCC(C)(C)CC1. The van der Waals surface area contributed by atoms with Gasteiger partial charge in [-0.25, -0.2) is 0 Å². The Morgan fingerprint density at radius 3 is 2.32 bits per heavy atom. The normalized spacial score (nSPS) is 21.6. The van der Waals surface area contributed by atoms with Gasteiger partial charge in [0.05, 0.1) is 5.69 Å². The summed E-state index contributed by atoms with van der Waals surface area (Å²) in [6.45, 7) is 11.3. The molecule has 0 aromatic carbocycles. The van der Waals surface area contributed by atoms with Gasteiger partial charge in [-0.15, -0.1) is 0 Å². The second-order valence-electron chi connectivity index (χ2n) is 7.03. The summed E-state index contributed by atoms with van der Waals surface area (Å²) in [4.78, 5) is 0. The first-order valence-corrected chi connectivity index (χ1v) is 7.56. The topological polar surface area (TPSA) is 29.9 Å². The molecule has 1 saturated carbocycles. The summed E-state index contributed by atoms with van der Waals surface area (Å²) in [5, 5.41) is 8.34. The second-order valence-corrected chi connectivity index (χ2v) is 7.03. The first kappa shape index (κ1) is 14.6. The number of aryl methyl sites for hydroxylation is 2. The number of hydrogen-bond acceptors (Lipinski definition) is 2. The van der Waals surface area contributed by atoms with Crippen LogP contribution in [0.5, 0.6) is 0 Å². The molecule has 0 aliphatic heterocycles. The Bertz CT molecular complexity index is 435. The van der Waals surface area contributed by atoms with E-state index in [9.17, 15) is 0 Å². The van der Waals surface area contributed by atoms with Crippen LogP contribution in [-0.2, 0) is 7.05 Å². The number of rotatable bonds is 3. The van der Waals surface area contributed by atoms with E-state index in [2.05, 4.69) is 45.0 Å². The zero-order chi connectivity index (χ0) is 14.2. The molecule has 0 amide bonds. The van der Waals surface area contributed by atoms with Gasteiger partial charge >= 0.3 is 0 Å². The molecule has 1 N–H and O–H groups in total. The van der Waals surface area contributed by atoms with Crippen LogP contribution < -0.4 is 5.32 Å². The lowest BCUT2D eigenvalue weighted by molar-refractivity contribution is 0.199. The third kappa shape index (κ3) is 3.19. The highest BCUT2D eigenvalue weighted by Crippen LogP contribution is 2.36. The lowest BCUT2D eigenvalue weighted by Crippen LogP contribution is -2.37. The van der Waals surface area contributed by atoms with Crippen molar-refractivity contribution in [2.75, 3.05) is 0 Å². The Morgan fingerprint density at radius 2 is 1.84 bits per heavy atom. The van der Waals surface area contributed by atoms with E-state index >= 15 is 0 Å². The molecular formula is C16H29N3. The molecule has 1 atom stereocenters. The lowest BCUT2D eigenvalue weighted by atomic mass is 9.75. The third-order valence-corrected chi connectivity index (χ3v) is 4.82. The van der Waals surface area contributed by atoms with Crippen molar-refractivity contribution in [1.29, 1.82) is 0 Å². The predicted octanol–water partition coefficient (Wildman–Crippen LogP) is 3.66. The van der Waals surface area contributed by atoms with Gasteiger partial charge in [-0.2, -0.15) is 5.10 Å². The smallest absolute Gasteiger partial charge is 0.0644 e. The van der Waals surface area contributed by atoms with Gasteiger partial charge in [0, 0.05) is 30.4 Å². The molecule has 0 radical (unpaired) electrons. The Balaban J connectivity index is 2.00. The van der Waals surface area contributed by atoms with Gasteiger partial charge in [-0.1, -0.05) is 13.8 Å². The van der Waals surface area contributed by atoms with E-state index in [-0.39, 0.29) is 0 Å². The fourth-order valence-electron chi connectivity index (χ4n) is 3.42. The van der Waals surface area contributed by atoms with Crippen molar-refractivity contribution in [3.63, 3.8) is 0 Å². The van der Waals surface area contributed by atoms with E-state index in [1.807, 2.05) is 11.7 Å². The molecule has 1 aliphatic rings. The van der Waals surface area contributed by atoms with Gasteiger partial charge in [0.15, 0.2) is 0 Å². The molecule has 0 spiro atoms. The van der Waals surface area contributed by atoms with E-state index in [0.717, 1.165) is 5.69 Å². The molecule has 3 heteroatoms. The summed E-state index contributed by atoms with van der Waals surface area (Å²) in [7, 11) is 2.03. The minimum absolute atomic E-state index is 0.403. The average Bonchev–Trinajstić information content (AvgIpc) is 2.56. The van der Waals surface area contributed by atoms with E-state index < -0.39 is 0 Å². The monoisotopic (exact) mass is 263 g/mol. The molecule has 1 aromatic rings. The summed E-state index contributed by atoms with van der Waals surface area (Å²) in [5.74, 6) is 0. The number of hydrogen-bond donors (Lipinski definition) is 1. The molecule has 2 rings (SSSR count). The Labute approximate surface area is 117 Å². The maximum atomic E-state index is 4.52. The van der Waals surface area contributed by atoms with Crippen LogP contribution in [0.2, 0.25) is 0 Å². The van der Waals surface area contributed by atoms with Crippen LogP contribution in [0.15, 0.2) is 0 Å². The maximum Gasteiger partial charge on any atom is 0.0644 e. The summed E-state index contributed by atoms with van der Waals surface area (Å²) in [5.41, 5.74) is 4.37. The highest BCUT2D eigenvalue weighted by Gasteiger charge is 2.28. The minimum Gasteiger partial charge on any atom is -0.307 e. The van der Waals surface area contributed by atoms with Crippen LogP contribution in [0.4, 0.5) is 0 Å². The fraction of sp³-hybridized carbons (Fsp3) is 0.812. The molecule has 108 valence electrons. The van der Waals surface area contributed by atoms with E-state index in [1.165, 1.54) is 36.9 Å². The highest BCUT2D eigenvalue weighted by molar-refractivity contribution is 5.27. The van der Waals surface area contributed by atoms with Crippen molar-refractivity contribution in [2.24, 2.45) is 12.5 Å². The molecule has 1 heterocycles. The first-order chi connectivity index (χ1) is 8.80. The standard InChI is InChI=1S/C16H29N3/c1-11(15-12(2)18-19(6)13(15)3)17-14-7-9-16(4,5)10-8-14/h11,14,17H,7-10H2,1-6H3. The van der Waals surface area contributed by atoms with Crippen molar-refractivity contribution in [3.8, 4) is 0 Å². The molecule has 3 nitrogen and oxygen atoms in total. The molecular weight excluding hydrogens is 234 g/mol. The molecule has 0 saturated heterocycles. The van der Waals surface area contributed by atoms with Gasteiger partial charge < -0.3 is 5.32 Å². The van der Waals surface area contributed by atoms with Crippen LogP contribution in [-0.4, -0.2) is 15.8 Å². The molecule has 1 aliphatic carbocycles. The van der Waals surface area contributed by atoms with Crippen molar-refractivity contribution < 1.29 is 0 Å². The van der Waals surface area contributed by atoms with Crippen molar-refractivity contribution >= 4 is 0 Å². The number of nitrogens with zero attached hydrogens (tertiary/aromatic N) is 2. The van der Waals surface area contributed by atoms with Crippen molar-refractivity contribution in [2.45, 2.75) is 72.4 Å². The average molecular weight is 263 g/mol. The Hall–Kier alpha value is -0.830. The fourth-order valence-corrected chi connectivity index (χ4v) is 3.42. The number of aromatic nitrogens is 2. The van der Waals surface area contributed by atoms with Crippen LogP contribution in [0, 0.1) is 19.3 Å². The molecule has 1 unspecified atom stereocenters. The predicted molar refractivity (Wildman–Crippen MR) is 80.3 cm³/mol. The molecule has 19 heavy (non-hydrogen) atoms. The van der Waals surface area contributed by atoms with Crippen LogP contribution in [0.25, 0.3) is 0 Å². The molecule has 1 aromatic heterocycles. The Morgan fingerprint density at radius 1 is 1.26 bits per heavy atom. The molecule has 0 bridgehead atoms. The maximum absolute atomic E-state index is 4.52. The summed E-state index contributed by atoms with van der Waals surface area (Å²) >= 11 is 0. The summed E-state index contributed by atoms with van der Waals surface area (Å²) < 4.78 is 1.99. The van der Waals surface area contributed by atoms with Gasteiger partial charge in [0.25, 0.3) is 0 Å². The van der Waals surface area contributed by atoms with Gasteiger partial charge in [-0.3, -0.25) is 4.68 Å². The summed E-state index contributed by atoms with van der Waals surface area (Å²) in [6, 6.07) is 1.07. The largest absolute Gasteiger partial charge is 0.307 e. The van der Waals surface area contributed by atoms with E-state index in [0.29, 0.717) is 17.5 Å². The van der Waals surface area contributed by atoms with Crippen LogP contribution in [0.1, 0.15) is 69.4 Å². The quantitative estimate of drug-likeness (QED) is 0.902. The van der Waals surface area contributed by atoms with Gasteiger partial charge in [0.2, 0.25) is 0 Å².